The van der Waals surface area contributed by atoms with Gasteiger partial charge in [0.25, 0.3) is 0 Å². The molecule has 3 atom stereocenters. The number of likely N-dealkylation sites (N-methyl/N-ethyl adjacent to an activating group) is 1. The van der Waals surface area contributed by atoms with Gasteiger partial charge in [0.05, 0.1) is 23.3 Å². The first-order chi connectivity index (χ1) is 18.4. The van der Waals surface area contributed by atoms with Crippen LogP contribution in [0.2, 0.25) is 0 Å². The molecule has 1 saturated carbocycles. The van der Waals surface area contributed by atoms with Crippen molar-refractivity contribution in [3.63, 3.8) is 0 Å². The zero-order valence-electron chi connectivity index (χ0n) is 22.4. The van der Waals surface area contributed by atoms with Gasteiger partial charge in [-0.1, -0.05) is 19.3 Å². The fourth-order valence-electron chi connectivity index (χ4n) is 6.01. The molecule has 5 rings (SSSR count). The number of hydrogen-bond acceptors (Lipinski definition) is 5. The minimum Gasteiger partial charge on any atom is -0.343 e. The van der Waals surface area contributed by atoms with E-state index in [4.69, 9.17) is 0 Å². The Bertz CT molecular complexity index is 1320. The zero-order valence-corrected chi connectivity index (χ0v) is 22.4. The van der Waals surface area contributed by atoms with Gasteiger partial charge in [0.15, 0.2) is 0 Å². The average Bonchev–Trinajstić information content (AvgIpc) is 3.56. The maximum absolute atomic E-state index is 14.0. The van der Waals surface area contributed by atoms with Crippen LogP contribution in [0.3, 0.4) is 0 Å². The van der Waals surface area contributed by atoms with Crippen molar-refractivity contribution in [3.8, 4) is 5.82 Å². The van der Waals surface area contributed by atoms with Gasteiger partial charge in [-0.05, 0) is 76.3 Å². The van der Waals surface area contributed by atoms with Crippen LogP contribution in [0.4, 0.5) is 4.39 Å². The monoisotopic (exact) mass is 520 g/mol. The molecule has 3 aromatic rings. The Kier molecular flexibility index (Phi) is 7.74. The van der Waals surface area contributed by atoms with E-state index in [1.54, 1.807) is 20.0 Å². The number of amides is 2. The Balaban J connectivity index is 1.43. The first-order valence-corrected chi connectivity index (χ1v) is 13.7. The quantitative estimate of drug-likeness (QED) is 0.487. The highest BCUT2D eigenvalue weighted by molar-refractivity contribution is 5.90. The van der Waals surface area contributed by atoms with Crippen molar-refractivity contribution in [1.82, 2.24) is 30.1 Å². The van der Waals surface area contributed by atoms with Crippen molar-refractivity contribution >= 4 is 22.7 Å². The predicted octanol–water partition coefficient (Wildman–Crippen LogP) is 4.20. The second kappa shape index (κ2) is 11.2. The van der Waals surface area contributed by atoms with Crippen molar-refractivity contribution in [2.45, 2.75) is 76.9 Å². The van der Waals surface area contributed by atoms with Gasteiger partial charge in [-0.15, -0.1) is 0 Å². The molecule has 3 heterocycles. The van der Waals surface area contributed by atoms with Crippen LogP contribution < -0.4 is 10.6 Å². The van der Waals surface area contributed by atoms with Gasteiger partial charge >= 0.3 is 0 Å². The Hall–Kier alpha value is -3.33. The number of likely N-dealkylation sites (tertiary alicyclic amines) is 1. The molecule has 0 spiro atoms. The summed E-state index contributed by atoms with van der Waals surface area (Å²) in [4.78, 5) is 37.9. The maximum Gasteiger partial charge on any atom is 0.246 e. The van der Waals surface area contributed by atoms with E-state index < -0.39 is 6.04 Å². The molecule has 0 bridgehead atoms. The van der Waals surface area contributed by atoms with E-state index in [0.29, 0.717) is 12.4 Å². The van der Waals surface area contributed by atoms with Crippen LogP contribution in [0.25, 0.3) is 16.7 Å². The fraction of sp³-hybridized carbons (Fsp3) is 0.517. The summed E-state index contributed by atoms with van der Waals surface area (Å²) in [7, 11) is 1.75. The van der Waals surface area contributed by atoms with Crippen LogP contribution in [-0.2, 0) is 9.59 Å². The Morgan fingerprint density at radius 3 is 2.63 bits per heavy atom. The largest absolute Gasteiger partial charge is 0.343 e. The first-order valence-electron chi connectivity index (χ1n) is 13.7. The average molecular weight is 521 g/mol. The van der Waals surface area contributed by atoms with E-state index in [1.807, 2.05) is 28.7 Å². The van der Waals surface area contributed by atoms with Gasteiger partial charge in [-0.25, -0.2) is 14.4 Å². The van der Waals surface area contributed by atoms with E-state index in [-0.39, 0.29) is 35.6 Å². The third-order valence-electron chi connectivity index (χ3n) is 8.27. The van der Waals surface area contributed by atoms with Crippen LogP contribution in [-0.4, -0.2) is 56.9 Å². The molecular weight excluding hydrogens is 483 g/mol. The molecule has 0 radical (unpaired) electrons. The SMILES string of the molecule is CN[C@@H](C)C(=O)N[C@H](C(=O)N1CCC[C@H]1c1cc(-n2cc(C)c3cc(F)ccc32)ncn1)C1CCCCC1. The molecule has 2 fully saturated rings. The van der Waals surface area contributed by atoms with Gasteiger partial charge in [-0.2, -0.15) is 0 Å². The van der Waals surface area contributed by atoms with Crippen LogP contribution in [0.1, 0.15) is 69.2 Å². The van der Waals surface area contributed by atoms with Crippen molar-refractivity contribution in [2.24, 2.45) is 5.92 Å². The molecule has 2 amide bonds. The molecule has 1 saturated heterocycles. The van der Waals surface area contributed by atoms with Gasteiger partial charge in [0.2, 0.25) is 11.8 Å². The highest BCUT2D eigenvalue weighted by atomic mass is 19.1. The number of fused-ring (bicyclic) bond motifs is 1. The summed E-state index contributed by atoms with van der Waals surface area (Å²) in [5, 5.41) is 6.91. The van der Waals surface area contributed by atoms with E-state index in [2.05, 4.69) is 20.6 Å². The van der Waals surface area contributed by atoms with Gasteiger partial charge in [0, 0.05) is 24.2 Å². The van der Waals surface area contributed by atoms with Crippen molar-refractivity contribution < 1.29 is 14.0 Å². The fourth-order valence-corrected chi connectivity index (χ4v) is 6.01. The summed E-state index contributed by atoms with van der Waals surface area (Å²) in [6, 6.07) is 5.58. The van der Waals surface area contributed by atoms with E-state index >= 15 is 0 Å². The molecular formula is C29H37FN6O2. The summed E-state index contributed by atoms with van der Waals surface area (Å²) >= 11 is 0. The number of aryl methyl sites for hydroxylation is 1. The second-order valence-corrected chi connectivity index (χ2v) is 10.7. The lowest BCUT2D eigenvalue weighted by Gasteiger charge is -2.35. The van der Waals surface area contributed by atoms with E-state index in [9.17, 15) is 14.0 Å². The predicted molar refractivity (Wildman–Crippen MR) is 144 cm³/mol. The number of hydrogen-bond donors (Lipinski definition) is 2. The molecule has 2 aromatic heterocycles. The molecule has 8 nitrogen and oxygen atoms in total. The minimum absolute atomic E-state index is 0.0195. The Morgan fingerprint density at radius 2 is 1.87 bits per heavy atom. The number of nitrogens with one attached hydrogen (secondary N) is 2. The minimum atomic E-state index is -0.536. The van der Waals surface area contributed by atoms with Crippen molar-refractivity contribution in [1.29, 1.82) is 0 Å². The van der Waals surface area contributed by atoms with Crippen LogP contribution >= 0.6 is 0 Å². The summed E-state index contributed by atoms with van der Waals surface area (Å²) in [5.41, 5.74) is 2.60. The molecule has 2 N–H and O–H groups in total. The maximum atomic E-state index is 14.0. The number of aromatic nitrogens is 3. The van der Waals surface area contributed by atoms with Crippen LogP contribution in [0, 0.1) is 18.7 Å². The molecule has 1 aliphatic heterocycles. The normalized spacial score (nSPS) is 20.0. The molecule has 9 heteroatoms. The van der Waals surface area contributed by atoms with E-state index in [1.165, 1.54) is 24.9 Å². The highest BCUT2D eigenvalue weighted by Gasteiger charge is 2.39. The van der Waals surface area contributed by atoms with Crippen molar-refractivity contribution in [3.05, 3.63) is 53.9 Å². The van der Waals surface area contributed by atoms with Crippen LogP contribution in [0.5, 0.6) is 0 Å². The third kappa shape index (κ3) is 5.16. The number of benzene rings is 1. The Labute approximate surface area is 223 Å². The molecule has 38 heavy (non-hydrogen) atoms. The smallest absolute Gasteiger partial charge is 0.246 e. The number of carbonyl (C=O) groups is 2. The molecule has 202 valence electrons. The summed E-state index contributed by atoms with van der Waals surface area (Å²) in [5.74, 6) is 0.377. The van der Waals surface area contributed by atoms with Gasteiger partial charge < -0.3 is 20.1 Å². The van der Waals surface area contributed by atoms with Crippen LogP contribution in [0.15, 0.2) is 36.8 Å². The number of nitrogens with zero attached hydrogens (tertiary/aromatic N) is 4. The number of halogens is 1. The summed E-state index contributed by atoms with van der Waals surface area (Å²) in [6.07, 6.45) is 10.4. The number of carbonyl (C=O) groups excluding carboxylic acids is 2. The molecule has 2 aliphatic rings. The standard InChI is InChI=1S/C29H37FN6O2/c1-18-16-36(24-12-11-21(30)14-22(18)24)26-15-23(32-17-33-26)25-10-7-13-35(25)29(38)27(20-8-5-4-6-9-20)34-28(37)19(2)31-3/h11-12,14-17,19-20,25,27,31H,4-10,13H2,1-3H3,(H,34,37)/t19-,25-,27-/m0/s1. The summed E-state index contributed by atoms with van der Waals surface area (Å²) < 4.78 is 15.8. The molecule has 1 aromatic carbocycles. The number of rotatable bonds is 7. The molecule has 1 aliphatic carbocycles. The lowest BCUT2D eigenvalue weighted by molar-refractivity contribution is -0.139. The van der Waals surface area contributed by atoms with Crippen molar-refractivity contribution in [2.75, 3.05) is 13.6 Å². The topological polar surface area (TPSA) is 92.2 Å². The Morgan fingerprint density at radius 1 is 1.08 bits per heavy atom. The third-order valence-corrected chi connectivity index (χ3v) is 8.27. The molecule has 0 unspecified atom stereocenters. The lowest BCUT2D eigenvalue weighted by atomic mass is 9.83. The highest BCUT2D eigenvalue weighted by Crippen LogP contribution is 2.35. The van der Waals surface area contributed by atoms with E-state index in [0.717, 1.165) is 60.7 Å². The lowest BCUT2D eigenvalue weighted by Crippen LogP contribution is -2.55. The van der Waals surface area contributed by atoms with Gasteiger partial charge in [-0.3, -0.25) is 9.59 Å². The van der Waals surface area contributed by atoms with Gasteiger partial charge in [0.1, 0.15) is 24.0 Å². The zero-order chi connectivity index (χ0) is 26.8. The first kappa shape index (κ1) is 26.3. The summed E-state index contributed by atoms with van der Waals surface area (Å²) in [6.45, 7) is 4.39. The second-order valence-electron chi connectivity index (χ2n) is 10.7.